The van der Waals surface area contributed by atoms with Crippen LogP contribution in [-0.4, -0.2) is 0 Å². The number of hydrogen-bond donors (Lipinski definition) is 0. The molecule has 0 radical (unpaired) electrons. The molecule has 0 nitrogen and oxygen atoms in total. The van der Waals surface area contributed by atoms with Crippen molar-refractivity contribution in [1.29, 1.82) is 0 Å². The van der Waals surface area contributed by atoms with Crippen LogP contribution >= 0.6 is 0 Å². The maximum absolute atomic E-state index is 2.44. The summed E-state index contributed by atoms with van der Waals surface area (Å²) in [6.07, 6.45) is 0. The summed E-state index contributed by atoms with van der Waals surface area (Å²) in [5, 5.41) is 15.5. The van der Waals surface area contributed by atoms with Crippen molar-refractivity contribution in [2.24, 2.45) is 0 Å². The maximum atomic E-state index is 2.44. The lowest BCUT2D eigenvalue weighted by Crippen LogP contribution is -2.15. The van der Waals surface area contributed by atoms with Gasteiger partial charge in [0.2, 0.25) is 0 Å². The Kier molecular flexibility index (Phi) is 6.78. The second-order valence-electron chi connectivity index (χ2n) is 16.4. The Morgan fingerprint density at radius 1 is 0.281 bits per heavy atom. The van der Waals surface area contributed by atoms with E-state index >= 15 is 0 Å². The summed E-state index contributed by atoms with van der Waals surface area (Å²) in [5.74, 6) is 0. The van der Waals surface area contributed by atoms with E-state index in [9.17, 15) is 0 Å². The van der Waals surface area contributed by atoms with Crippen LogP contribution in [0.5, 0.6) is 0 Å². The average molecular weight is 723 g/mol. The number of benzene rings is 11. The lowest BCUT2D eigenvalue weighted by atomic mass is 9.78. The summed E-state index contributed by atoms with van der Waals surface area (Å²) in [7, 11) is 0. The molecule has 1 aliphatic carbocycles. The minimum atomic E-state index is -0.130. The maximum Gasteiger partial charge on any atom is 0.0165 e. The molecule has 0 saturated carbocycles. The molecular weight excluding hydrogens is 685 g/mol. The highest BCUT2D eigenvalue weighted by Crippen LogP contribution is 2.56. The van der Waals surface area contributed by atoms with Gasteiger partial charge in [-0.1, -0.05) is 190 Å². The van der Waals surface area contributed by atoms with Crippen LogP contribution in [0.15, 0.2) is 194 Å². The van der Waals surface area contributed by atoms with Crippen LogP contribution in [0.2, 0.25) is 0 Å². The fourth-order valence-electron chi connectivity index (χ4n) is 10.4. The summed E-state index contributed by atoms with van der Waals surface area (Å²) in [6.45, 7) is 4.82. The second kappa shape index (κ2) is 12.0. The molecule has 0 aromatic heterocycles. The van der Waals surface area contributed by atoms with Crippen molar-refractivity contribution >= 4 is 64.6 Å². The summed E-state index contributed by atoms with van der Waals surface area (Å²) in [4.78, 5) is 0. The first-order chi connectivity index (χ1) is 28.0. The quantitative estimate of drug-likeness (QED) is 0.126. The van der Waals surface area contributed by atoms with E-state index in [1.165, 1.54) is 120 Å². The van der Waals surface area contributed by atoms with Crippen LogP contribution in [0.4, 0.5) is 0 Å². The van der Waals surface area contributed by atoms with Gasteiger partial charge in [0.15, 0.2) is 0 Å². The largest absolute Gasteiger partial charge is 0.0616 e. The molecule has 0 saturated heterocycles. The molecule has 0 amide bonds. The highest BCUT2D eigenvalue weighted by molar-refractivity contribution is 6.24. The lowest BCUT2D eigenvalue weighted by molar-refractivity contribution is 0.667. The first-order valence-corrected chi connectivity index (χ1v) is 20.1. The molecule has 0 heteroatoms. The van der Waals surface area contributed by atoms with Crippen molar-refractivity contribution in [2.75, 3.05) is 0 Å². The Morgan fingerprint density at radius 3 is 1.44 bits per heavy atom. The minimum absolute atomic E-state index is 0.130. The molecule has 57 heavy (non-hydrogen) atoms. The molecule has 0 N–H and O–H groups in total. The van der Waals surface area contributed by atoms with Crippen molar-refractivity contribution in [3.05, 3.63) is 205 Å². The second-order valence-corrected chi connectivity index (χ2v) is 16.4. The van der Waals surface area contributed by atoms with E-state index in [1.807, 2.05) is 0 Å². The van der Waals surface area contributed by atoms with Crippen molar-refractivity contribution < 1.29 is 0 Å². The Hall–Kier alpha value is -7.02. The van der Waals surface area contributed by atoms with Gasteiger partial charge in [0.05, 0.1) is 0 Å². The smallest absolute Gasteiger partial charge is 0.0165 e. The number of fused-ring (bicyclic) bond motifs is 12. The highest BCUT2D eigenvalue weighted by atomic mass is 14.4. The molecule has 0 atom stereocenters. The Labute approximate surface area is 332 Å². The summed E-state index contributed by atoms with van der Waals surface area (Å²) >= 11 is 0. The molecular formula is C57H38. The predicted octanol–water partition coefficient (Wildman–Crippen LogP) is 15.9. The Morgan fingerprint density at radius 2 is 0.772 bits per heavy atom. The third kappa shape index (κ3) is 4.62. The van der Waals surface area contributed by atoms with E-state index in [2.05, 4.69) is 208 Å². The van der Waals surface area contributed by atoms with Gasteiger partial charge >= 0.3 is 0 Å². The van der Waals surface area contributed by atoms with E-state index in [1.54, 1.807) is 0 Å². The lowest BCUT2D eigenvalue weighted by Gasteiger charge is -2.24. The van der Waals surface area contributed by atoms with Crippen molar-refractivity contribution in [3.63, 3.8) is 0 Å². The topological polar surface area (TPSA) is 0 Å². The summed E-state index contributed by atoms with van der Waals surface area (Å²) < 4.78 is 0. The average Bonchev–Trinajstić information content (AvgIpc) is 3.50. The fourth-order valence-corrected chi connectivity index (χ4v) is 10.4. The van der Waals surface area contributed by atoms with E-state index in [0.717, 1.165) is 0 Å². The molecule has 0 heterocycles. The fraction of sp³-hybridized carbons (Fsp3) is 0.0526. The molecule has 1 aliphatic rings. The SMILES string of the molecule is CC1(C)c2cc3ccccc3cc2-c2c1c1ccc(-c3ccc(-c4c5ccccc5c(-c5cccc6ccccc56)c5ccccc45)cc3)cc1c1ccccc21. The number of hydrogen-bond acceptors (Lipinski definition) is 0. The third-order valence-corrected chi connectivity index (χ3v) is 13.0. The zero-order chi connectivity index (χ0) is 37.8. The van der Waals surface area contributed by atoms with Crippen molar-refractivity contribution in [3.8, 4) is 44.5 Å². The zero-order valence-corrected chi connectivity index (χ0v) is 32.0. The first kappa shape index (κ1) is 32.2. The Balaban J connectivity index is 1.02. The van der Waals surface area contributed by atoms with Crippen LogP contribution in [0, 0.1) is 0 Å². The molecule has 0 aliphatic heterocycles. The summed E-state index contributed by atoms with van der Waals surface area (Å²) in [6, 6.07) is 72.5. The standard InChI is InChI=1S/C57H38/c1-57(2)52-34-39-16-4-3-15-38(39)33-51(52)55-44-20-8-7-19-42(44)50-32-40(30-31-49(50)56(55)57)35-26-28-37(29-27-35)53-45-21-9-11-23-47(45)54(48-24-12-10-22-46(48)53)43-25-13-17-36-14-5-6-18-41(36)43/h3-34H,1-2H3. The minimum Gasteiger partial charge on any atom is -0.0616 e. The van der Waals surface area contributed by atoms with Crippen LogP contribution in [0.25, 0.3) is 109 Å². The molecule has 0 unspecified atom stereocenters. The van der Waals surface area contributed by atoms with E-state index < -0.39 is 0 Å². The molecule has 11 aromatic carbocycles. The van der Waals surface area contributed by atoms with Crippen LogP contribution < -0.4 is 0 Å². The van der Waals surface area contributed by atoms with Gasteiger partial charge in [-0.15, -0.1) is 0 Å². The predicted molar refractivity (Wildman–Crippen MR) is 245 cm³/mol. The van der Waals surface area contributed by atoms with Gasteiger partial charge in [-0.2, -0.15) is 0 Å². The van der Waals surface area contributed by atoms with Gasteiger partial charge in [-0.3, -0.25) is 0 Å². The van der Waals surface area contributed by atoms with Gasteiger partial charge in [-0.05, 0) is 138 Å². The van der Waals surface area contributed by atoms with Crippen LogP contribution in [0.1, 0.15) is 25.0 Å². The summed E-state index contributed by atoms with van der Waals surface area (Å²) in [5.41, 5.74) is 13.0. The molecule has 0 spiro atoms. The zero-order valence-electron chi connectivity index (χ0n) is 32.0. The van der Waals surface area contributed by atoms with Crippen molar-refractivity contribution in [1.82, 2.24) is 0 Å². The van der Waals surface area contributed by atoms with Crippen LogP contribution in [-0.2, 0) is 5.41 Å². The van der Waals surface area contributed by atoms with Gasteiger partial charge in [0, 0.05) is 5.41 Å². The normalized spacial score (nSPS) is 13.2. The van der Waals surface area contributed by atoms with Gasteiger partial charge < -0.3 is 0 Å². The molecule has 0 bridgehead atoms. The van der Waals surface area contributed by atoms with Crippen LogP contribution in [0.3, 0.4) is 0 Å². The van der Waals surface area contributed by atoms with Gasteiger partial charge in [0.25, 0.3) is 0 Å². The molecule has 0 fully saturated rings. The van der Waals surface area contributed by atoms with E-state index in [0.29, 0.717) is 0 Å². The van der Waals surface area contributed by atoms with Gasteiger partial charge in [0.1, 0.15) is 0 Å². The first-order valence-electron chi connectivity index (χ1n) is 20.1. The number of rotatable bonds is 3. The van der Waals surface area contributed by atoms with Gasteiger partial charge in [-0.25, -0.2) is 0 Å². The molecule has 266 valence electrons. The van der Waals surface area contributed by atoms with Crippen molar-refractivity contribution in [2.45, 2.75) is 19.3 Å². The molecule has 11 aromatic rings. The van der Waals surface area contributed by atoms with E-state index in [4.69, 9.17) is 0 Å². The van der Waals surface area contributed by atoms with E-state index in [-0.39, 0.29) is 5.41 Å². The third-order valence-electron chi connectivity index (χ3n) is 13.0. The molecule has 12 rings (SSSR count). The monoisotopic (exact) mass is 722 g/mol. The Bertz CT molecular complexity index is 3410. The highest BCUT2D eigenvalue weighted by Gasteiger charge is 2.38.